The molecule has 0 radical (unpaired) electrons. The SMILES string of the molecule is CC(C)(C)CCOCCOCCOCCOCCOCCNC(=O)C(C)(C)C. The minimum atomic E-state index is -0.367. The third-order valence-corrected chi connectivity index (χ3v) is 3.70. The van der Waals surface area contributed by atoms with Crippen LogP contribution in [0.5, 0.6) is 0 Å². The molecule has 0 aliphatic carbocycles. The molecule has 7 heteroatoms. The second-order valence-corrected chi connectivity index (χ2v) is 8.88. The van der Waals surface area contributed by atoms with Gasteiger partial charge in [-0.05, 0) is 11.8 Å². The molecule has 0 bridgehead atoms. The summed E-state index contributed by atoms with van der Waals surface area (Å²) in [7, 11) is 0. The lowest BCUT2D eigenvalue weighted by molar-refractivity contribution is -0.128. The average molecular weight is 406 g/mol. The summed E-state index contributed by atoms with van der Waals surface area (Å²) >= 11 is 0. The summed E-state index contributed by atoms with van der Waals surface area (Å²) in [6.45, 7) is 18.5. The van der Waals surface area contributed by atoms with E-state index >= 15 is 0 Å². The minimum absolute atomic E-state index is 0.0292. The molecule has 0 spiro atoms. The van der Waals surface area contributed by atoms with Gasteiger partial charge in [0.25, 0.3) is 0 Å². The van der Waals surface area contributed by atoms with Crippen LogP contribution in [0.4, 0.5) is 0 Å². The highest BCUT2D eigenvalue weighted by molar-refractivity contribution is 5.81. The summed E-state index contributed by atoms with van der Waals surface area (Å²) in [4.78, 5) is 11.6. The predicted molar refractivity (Wildman–Crippen MR) is 111 cm³/mol. The second kappa shape index (κ2) is 16.1. The normalized spacial score (nSPS) is 12.4. The Bertz CT molecular complexity index is 376. The van der Waals surface area contributed by atoms with Crippen molar-refractivity contribution >= 4 is 5.91 Å². The van der Waals surface area contributed by atoms with Crippen LogP contribution in [0.2, 0.25) is 0 Å². The first-order chi connectivity index (χ1) is 13.1. The molecule has 0 saturated heterocycles. The van der Waals surface area contributed by atoms with E-state index in [0.29, 0.717) is 71.4 Å². The van der Waals surface area contributed by atoms with Gasteiger partial charge in [0.05, 0.1) is 59.5 Å². The van der Waals surface area contributed by atoms with E-state index in [1.54, 1.807) is 0 Å². The van der Waals surface area contributed by atoms with E-state index in [-0.39, 0.29) is 11.3 Å². The summed E-state index contributed by atoms with van der Waals surface area (Å²) in [5.41, 5.74) is -0.0549. The Kier molecular flexibility index (Phi) is 15.7. The van der Waals surface area contributed by atoms with Crippen LogP contribution < -0.4 is 5.32 Å². The van der Waals surface area contributed by atoms with Gasteiger partial charge in [-0.25, -0.2) is 0 Å². The maximum absolute atomic E-state index is 11.6. The molecule has 28 heavy (non-hydrogen) atoms. The van der Waals surface area contributed by atoms with Crippen LogP contribution in [-0.4, -0.2) is 78.5 Å². The smallest absolute Gasteiger partial charge is 0.225 e. The molecule has 0 heterocycles. The quantitative estimate of drug-likeness (QED) is 0.375. The standard InChI is InChI=1S/C21H43NO6/c1-20(2,3)7-9-24-11-13-26-15-17-28-18-16-27-14-12-25-10-8-22-19(23)21(4,5)6/h7-18H2,1-6H3,(H,22,23). The molecule has 0 saturated carbocycles. The number of carbonyl (C=O) groups excluding carboxylic acids is 1. The van der Waals surface area contributed by atoms with Crippen LogP contribution >= 0.6 is 0 Å². The lowest BCUT2D eigenvalue weighted by atomic mass is 9.93. The molecule has 0 fully saturated rings. The first-order valence-electron chi connectivity index (χ1n) is 10.3. The van der Waals surface area contributed by atoms with Gasteiger partial charge in [-0.1, -0.05) is 41.5 Å². The Morgan fingerprint density at radius 1 is 0.607 bits per heavy atom. The number of amides is 1. The molecule has 0 unspecified atom stereocenters. The van der Waals surface area contributed by atoms with E-state index in [1.807, 2.05) is 20.8 Å². The Hall–Kier alpha value is -0.730. The van der Waals surface area contributed by atoms with Gasteiger partial charge < -0.3 is 29.0 Å². The van der Waals surface area contributed by atoms with Crippen LogP contribution in [0.25, 0.3) is 0 Å². The van der Waals surface area contributed by atoms with Crippen LogP contribution in [0.1, 0.15) is 48.0 Å². The molecule has 0 rings (SSSR count). The number of carbonyl (C=O) groups is 1. The van der Waals surface area contributed by atoms with Crippen molar-refractivity contribution in [2.75, 3.05) is 72.6 Å². The van der Waals surface area contributed by atoms with E-state index < -0.39 is 0 Å². The van der Waals surface area contributed by atoms with E-state index in [0.717, 1.165) is 13.0 Å². The van der Waals surface area contributed by atoms with Crippen molar-refractivity contribution in [1.82, 2.24) is 5.32 Å². The lowest BCUT2D eigenvalue weighted by Gasteiger charge is -2.17. The molecule has 0 aliphatic heterocycles. The summed E-state index contributed by atoms with van der Waals surface area (Å²) in [6.07, 6.45) is 1.05. The van der Waals surface area contributed by atoms with Gasteiger partial charge in [-0.3, -0.25) is 4.79 Å². The van der Waals surface area contributed by atoms with Crippen molar-refractivity contribution in [3.8, 4) is 0 Å². The number of rotatable bonds is 17. The predicted octanol–water partition coefficient (Wildman–Crippen LogP) is 2.67. The first-order valence-corrected chi connectivity index (χ1v) is 10.3. The molecule has 0 aromatic rings. The topological polar surface area (TPSA) is 75.2 Å². The molecule has 0 aromatic carbocycles. The molecule has 1 N–H and O–H groups in total. The van der Waals surface area contributed by atoms with Gasteiger partial charge in [0.1, 0.15) is 0 Å². The maximum atomic E-state index is 11.6. The van der Waals surface area contributed by atoms with Gasteiger partial charge in [-0.15, -0.1) is 0 Å². The lowest BCUT2D eigenvalue weighted by Crippen LogP contribution is -2.36. The van der Waals surface area contributed by atoms with Gasteiger partial charge in [0.15, 0.2) is 0 Å². The van der Waals surface area contributed by atoms with Gasteiger partial charge in [0.2, 0.25) is 5.91 Å². The highest BCUT2D eigenvalue weighted by Gasteiger charge is 2.20. The number of nitrogens with one attached hydrogen (secondary N) is 1. The van der Waals surface area contributed by atoms with Crippen molar-refractivity contribution < 1.29 is 28.5 Å². The molecule has 0 aliphatic rings. The zero-order chi connectivity index (χ0) is 21.3. The fourth-order valence-corrected chi connectivity index (χ4v) is 1.86. The Morgan fingerprint density at radius 2 is 0.964 bits per heavy atom. The molecule has 7 nitrogen and oxygen atoms in total. The number of hydrogen-bond acceptors (Lipinski definition) is 6. The fraction of sp³-hybridized carbons (Fsp3) is 0.952. The highest BCUT2D eigenvalue weighted by Crippen LogP contribution is 2.17. The van der Waals surface area contributed by atoms with Crippen molar-refractivity contribution in [3.05, 3.63) is 0 Å². The second-order valence-electron chi connectivity index (χ2n) is 8.88. The highest BCUT2D eigenvalue weighted by atomic mass is 16.6. The van der Waals surface area contributed by atoms with Crippen molar-refractivity contribution in [2.45, 2.75) is 48.0 Å². The zero-order valence-corrected chi connectivity index (χ0v) is 18.9. The third kappa shape index (κ3) is 20.0. The third-order valence-electron chi connectivity index (χ3n) is 3.70. The van der Waals surface area contributed by atoms with Crippen molar-refractivity contribution in [3.63, 3.8) is 0 Å². The van der Waals surface area contributed by atoms with Gasteiger partial charge >= 0.3 is 0 Å². The minimum Gasteiger partial charge on any atom is -0.379 e. The summed E-state index contributed by atoms with van der Waals surface area (Å²) in [5.74, 6) is 0.0292. The Balaban J connectivity index is 3.15. The van der Waals surface area contributed by atoms with Gasteiger partial charge in [0, 0.05) is 18.6 Å². The van der Waals surface area contributed by atoms with E-state index in [1.165, 1.54) is 0 Å². The molecule has 1 amide bonds. The van der Waals surface area contributed by atoms with Crippen molar-refractivity contribution in [1.29, 1.82) is 0 Å². The molecular weight excluding hydrogens is 362 g/mol. The molecular formula is C21H43NO6. The average Bonchev–Trinajstić information content (AvgIpc) is 2.58. The van der Waals surface area contributed by atoms with E-state index in [2.05, 4.69) is 26.1 Å². The number of hydrogen-bond donors (Lipinski definition) is 1. The zero-order valence-electron chi connectivity index (χ0n) is 18.9. The summed E-state index contributed by atoms with van der Waals surface area (Å²) < 4.78 is 27.2. The Morgan fingerprint density at radius 3 is 1.32 bits per heavy atom. The Labute approximate surface area is 171 Å². The molecule has 168 valence electrons. The van der Waals surface area contributed by atoms with Gasteiger partial charge in [-0.2, -0.15) is 0 Å². The monoisotopic (exact) mass is 405 g/mol. The van der Waals surface area contributed by atoms with Crippen LogP contribution in [0.15, 0.2) is 0 Å². The summed E-state index contributed by atoms with van der Waals surface area (Å²) in [6, 6.07) is 0. The van der Waals surface area contributed by atoms with E-state index in [9.17, 15) is 4.79 Å². The maximum Gasteiger partial charge on any atom is 0.225 e. The van der Waals surface area contributed by atoms with Crippen LogP contribution in [0.3, 0.4) is 0 Å². The fourth-order valence-electron chi connectivity index (χ4n) is 1.86. The molecule has 0 atom stereocenters. The molecule has 0 aromatic heterocycles. The number of ether oxygens (including phenoxy) is 5. The largest absolute Gasteiger partial charge is 0.379 e. The van der Waals surface area contributed by atoms with Crippen LogP contribution in [-0.2, 0) is 28.5 Å². The first kappa shape index (κ1) is 27.3. The van der Waals surface area contributed by atoms with Crippen molar-refractivity contribution in [2.24, 2.45) is 10.8 Å². The summed E-state index contributed by atoms with van der Waals surface area (Å²) in [5, 5.41) is 2.83. The van der Waals surface area contributed by atoms with Crippen LogP contribution in [0, 0.1) is 10.8 Å². The van der Waals surface area contributed by atoms with E-state index in [4.69, 9.17) is 23.7 Å².